The summed E-state index contributed by atoms with van der Waals surface area (Å²) < 4.78 is 6.14. The minimum atomic E-state index is 0.0724. The molecule has 0 unspecified atom stereocenters. The average molecular weight is 196 g/mol. The van der Waals surface area contributed by atoms with Gasteiger partial charge < -0.3 is 4.90 Å². The van der Waals surface area contributed by atoms with Crippen LogP contribution in [0.25, 0.3) is 0 Å². The maximum absolute atomic E-state index is 4.02. The Hall–Kier alpha value is 0.0700. The Labute approximate surface area is 47.0 Å². The zero-order valence-corrected chi connectivity index (χ0v) is 5.58. The van der Waals surface area contributed by atoms with E-state index < -0.39 is 0 Å². The number of halogens is 1. The highest BCUT2D eigenvalue weighted by molar-refractivity contribution is 14.2. The lowest BCUT2D eigenvalue weighted by Gasteiger charge is -1.94. The van der Waals surface area contributed by atoms with Gasteiger partial charge in [-0.1, -0.05) is 0 Å². The third-order valence-corrected chi connectivity index (χ3v) is 2.18. The molecule has 2 nitrogen and oxygen atoms in total. The highest BCUT2D eigenvalue weighted by Gasteiger charge is 1.85. The van der Waals surface area contributed by atoms with Crippen molar-refractivity contribution in [2.75, 3.05) is 7.05 Å². The van der Waals surface area contributed by atoms with Gasteiger partial charge in [0, 0.05) is 28.1 Å². The first-order chi connectivity index (χ1) is 2.89. The third-order valence-electron chi connectivity index (χ3n) is 0.480. The maximum atomic E-state index is 4.02. The average Bonchev–Trinajstić information content (AvgIpc) is 1.86. The van der Waals surface area contributed by atoms with Gasteiger partial charge in [-0.25, -0.2) is 3.21 Å². The van der Waals surface area contributed by atoms with Crippen molar-refractivity contribution in [1.29, 1.82) is 0 Å². The van der Waals surface area contributed by atoms with Crippen LogP contribution in [0.4, 0.5) is 0 Å². The van der Waals surface area contributed by atoms with Crippen LogP contribution in [-0.4, -0.2) is 22.4 Å². The van der Waals surface area contributed by atoms with Crippen molar-refractivity contribution in [2.24, 2.45) is 3.21 Å². The topological polar surface area (TPSA) is 15.6 Å². The first-order valence-corrected chi connectivity index (χ1v) is 3.82. The SMILES string of the molecule is CN1C=NI=C1. The minimum Gasteiger partial charge on any atom is -0.335 e. The summed E-state index contributed by atoms with van der Waals surface area (Å²) in [6.45, 7) is 0. The first kappa shape index (κ1) is 4.23. The van der Waals surface area contributed by atoms with Gasteiger partial charge in [-0.15, -0.1) is 0 Å². The number of hydrogen-bond donors (Lipinski definition) is 0. The normalized spacial score (nSPS) is 18.5. The van der Waals surface area contributed by atoms with Crippen LogP contribution in [-0.2, 0) is 0 Å². The molecule has 0 saturated heterocycles. The van der Waals surface area contributed by atoms with Gasteiger partial charge in [0.25, 0.3) is 0 Å². The second-order valence-corrected chi connectivity index (χ2v) is 2.74. The zero-order valence-electron chi connectivity index (χ0n) is 3.43. The van der Waals surface area contributed by atoms with Gasteiger partial charge in [0.15, 0.2) is 0 Å². The molecule has 0 amide bonds. The highest BCUT2D eigenvalue weighted by Crippen LogP contribution is 2.00. The lowest BCUT2D eigenvalue weighted by molar-refractivity contribution is 0.824. The number of hydrogen-bond acceptors (Lipinski definition) is 2. The summed E-state index contributed by atoms with van der Waals surface area (Å²) >= 11 is 0.0724. The molecule has 3 heteroatoms. The van der Waals surface area contributed by atoms with E-state index in [1.807, 2.05) is 18.3 Å². The zero-order chi connectivity index (χ0) is 4.41. The third kappa shape index (κ3) is 0.767. The number of nitrogens with zero attached hydrogens (tertiary/aromatic N) is 2. The van der Waals surface area contributed by atoms with Gasteiger partial charge in [0.05, 0.1) is 4.14 Å². The Morgan fingerprint density at radius 2 is 2.67 bits per heavy atom. The van der Waals surface area contributed by atoms with Crippen molar-refractivity contribution < 1.29 is 0 Å². The molecule has 0 N–H and O–H groups in total. The van der Waals surface area contributed by atoms with Gasteiger partial charge in [-0.05, 0) is 0 Å². The predicted molar refractivity (Wildman–Crippen MR) is 36.3 cm³/mol. The Morgan fingerprint density at radius 1 is 1.83 bits per heavy atom. The monoisotopic (exact) mass is 196 g/mol. The Balaban J connectivity index is 2.60. The molecule has 1 rings (SSSR count). The van der Waals surface area contributed by atoms with Crippen molar-refractivity contribution in [2.45, 2.75) is 0 Å². The molecule has 0 atom stereocenters. The Morgan fingerprint density at radius 3 is 2.83 bits per heavy atom. The van der Waals surface area contributed by atoms with Gasteiger partial charge in [-0.3, -0.25) is 0 Å². The fourth-order valence-corrected chi connectivity index (χ4v) is 1.43. The van der Waals surface area contributed by atoms with Crippen LogP contribution in [0.5, 0.6) is 0 Å². The molecule has 0 fully saturated rings. The van der Waals surface area contributed by atoms with E-state index >= 15 is 0 Å². The molecule has 0 saturated carbocycles. The molecule has 1 aliphatic heterocycles. The standard InChI is InChI=1S/C3H5IN2/c1-6-2-4-5-3-6/h2-3H,1H3. The van der Waals surface area contributed by atoms with Gasteiger partial charge in [-0.2, -0.15) is 0 Å². The van der Waals surface area contributed by atoms with E-state index in [4.69, 9.17) is 0 Å². The van der Waals surface area contributed by atoms with Crippen LogP contribution in [0, 0.1) is 0 Å². The summed E-state index contributed by atoms with van der Waals surface area (Å²) in [7, 11) is 2.00. The van der Waals surface area contributed by atoms with E-state index in [-0.39, 0.29) is 21.0 Å². The molecule has 0 aromatic rings. The van der Waals surface area contributed by atoms with Crippen molar-refractivity contribution in [3.63, 3.8) is 0 Å². The molecule has 6 heavy (non-hydrogen) atoms. The second kappa shape index (κ2) is 1.68. The van der Waals surface area contributed by atoms with Crippen LogP contribution in [0.3, 0.4) is 0 Å². The van der Waals surface area contributed by atoms with Crippen LogP contribution >= 0.6 is 21.0 Å². The smallest absolute Gasteiger partial charge is 0.101 e. The largest absolute Gasteiger partial charge is 0.335 e. The fourth-order valence-electron chi connectivity index (χ4n) is 0.213. The van der Waals surface area contributed by atoms with E-state index in [1.165, 1.54) is 0 Å². The summed E-state index contributed by atoms with van der Waals surface area (Å²) in [4.78, 5) is 1.99. The molecule has 1 aliphatic rings. The van der Waals surface area contributed by atoms with Crippen molar-refractivity contribution >= 4 is 31.5 Å². The predicted octanol–water partition coefficient (Wildman–Crippen LogP) is 0.606. The van der Waals surface area contributed by atoms with Gasteiger partial charge in [0.2, 0.25) is 0 Å². The van der Waals surface area contributed by atoms with Crippen molar-refractivity contribution in [3.05, 3.63) is 0 Å². The molecule has 34 valence electrons. The first-order valence-electron chi connectivity index (χ1n) is 1.61. The summed E-state index contributed by atoms with van der Waals surface area (Å²) in [5.41, 5.74) is 0. The van der Waals surface area contributed by atoms with Crippen LogP contribution in [0.1, 0.15) is 0 Å². The van der Waals surface area contributed by atoms with E-state index in [0.29, 0.717) is 0 Å². The lowest BCUT2D eigenvalue weighted by Crippen LogP contribution is -2.07. The molecular weight excluding hydrogens is 191 g/mol. The number of rotatable bonds is 0. The van der Waals surface area contributed by atoms with E-state index in [9.17, 15) is 0 Å². The van der Waals surface area contributed by atoms with Crippen molar-refractivity contribution in [1.82, 2.24) is 4.90 Å². The minimum absolute atomic E-state index is 0.0724. The van der Waals surface area contributed by atoms with Crippen LogP contribution in [0.2, 0.25) is 0 Å². The second-order valence-electron chi connectivity index (χ2n) is 1.07. The molecule has 1 heterocycles. The Kier molecular flexibility index (Phi) is 1.19. The molecule has 0 spiro atoms. The molecule has 0 aromatic heterocycles. The highest BCUT2D eigenvalue weighted by atomic mass is 127. The quantitative estimate of drug-likeness (QED) is 0.518. The molecule has 0 aromatic carbocycles. The molecule has 0 bridgehead atoms. The molecule has 0 radical (unpaired) electrons. The van der Waals surface area contributed by atoms with Crippen molar-refractivity contribution in [3.8, 4) is 0 Å². The van der Waals surface area contributed by atoms with Gasteiger partial charge in [0.1, 0.15) is 6.34 Å². The summed E-state index contributed by atoms with van der Waals surface area (Å²) in [5.74, 6) is 0. The van der Waals surface area contributed by atoms with E-state index in [2.05, 4.69) is 7.34 Å². The van der Waals surface area contributed by atoms with E-state index in [1.54, 1.807) is 0 Å². The summed E-state index contributed by atoms with van der Waals surface area (Å²) in [6, 6.07) is 0. The summed E-state index contributed by atoms with van der Waals surface area (Å²) in [5, 5.41) is 0. The lowest BCUT2D eigenvalue weighted by atomic mass is 11.0. The fraction of sp³-hybridized carbons (Fsp3) is 0.333. The van der Waals surface area contributed by atoms with Gasteiger partial charge >= 0.3 is 0 Å². The van der Waals surface area contributed by atoms with Crippen LogP contribution in [0.15, 0.2) is 3.21 Å². The van der Waals surface area contributed by atoms with E-state index in [0.717, 1.165) is 0 Å². The molecular formula is C3H5IN2. The maximum Gasteiger partial charge on any atom is 0.101 e. The summed E-state index contributed by atoms with van der Waals surface area (Å²) in [6.07, 6.45) is 1.85. The van der Waals surface area contributed by atoms with Crippen LogP contribution < -0.4 is 0 Å². The Bertz CT molecular complexity index is 85.0. The molecule has 0 aliphatic carbocycles.